The number of hydrogen-bond acceptors (Lipinski definition) is 1. The van der Waals surface area contributed by atoms with Gasteiger partial charge in [-0.25, -0.2) is 4.98 Å². The second kappa shape index (κ2) is 7.26. The molecule has 1 aromatic heterocycles. The number of nitrogens with zero attached hydrogens (tertiary/aromatic N) is 2. The van der Waals surface area contributed by atoms with Crippen LogP contribution in [0.2, 0.25) is 0 Å². The maximum absolute atomic E-state index is 4.83. The molecule has 0 fully saturated rings. The standard InChI is InChI=1S/C5H8N2.3ClH.Cu/c1-2-7-4-3-6-5-7;;;;/h3-5H,2H2,1H3;3*1H;/q;;;;+3/p-3. The summed E-state index contributed by atoms with van der Waals surface area (Å²) in [6.07, 6.45) is 5.53. The molecular formula is C5H8Cl3CuN2. The van der Waals surface area contributed by atoms with Gasteiger partial charge in [-0.1, -0.05) is 0 Å². The molecule has 0 saturated carbocycles. The Morgan fingerprint density at radius 2 is 2.00 bits per heavy atom. The van der Waals surface area contributed by atoms with Crippen molar-refractivity contribution in [3.8, 4) is 0 Å². The van der Waals surface area contributed by atoms with Gasteiger partial charge in [-0.3, -0.25) is 0 Å². The van der Waals surface area contributed by atoms with Gasteiger partial charge in [0.05, 0.1) is 6.33 Å². The van der Waals surface area contributed by atoms with Gasteiger partial charge in [-0.05, 0) is 6.92 Å². The van der Waals surface area contributed by atoms with Gasteiger partial charge in [0.15, 0.2) is 0 Å². The van der Waals surface area contributed by atoms with Crippen LogP contribution in [-0.2, 0) is 17.7 Å². The summed E-state index contributed by atoms with van der Waals surface area (Å²) >= 11 is -0.896. The molecule has 1 heterocycles. The van der Waals surface area contributed by atoms with E-state index in [0.717, 1.165) is 6.54 Å². The minimum atomic E-state index is -0.896. The van der Waals surface area contributed by atoms with Gasteiger partial charge in [0.25, 0.3) is 0 Å². The molecule has 0 saturated heterocycles. The van der Waals surface area contributed by atoms with Crippen LogP contribution in [0.1, 0.15) is 6.92 Å². The van der Waals surface area contributed by atoms with Gasteiger partial charge >= 0.3 is 41.5 Å². The van der Waals surface area contributed by atoms with Gasteiger partial charge in [-0.15, -0.1) is 0 Å². The van der Waals surface area contributed by atoms with Crippen molar-refractivity contribution in [2.75, 3.05) is 0 Å². The molecule has 0 atom stereocenters. The summed E-state index contributed by atoms with van der Waals surface area (Å²) in [5.74, 6) is 0. The monoisotopic (exact) mass is 264 g/mol. The van der Waals surface area contributed by atoms with E-state index < -0.39 is 11.2 Å². The van der Waals surface area contributed by atoms with Crippen molar-refractivity contribution in [3.05, 3.63) is 18.7 Å². The molecule has 11 heavy (non-hydrogen) atoms. The first-order valence-corrected chi connectivity index (χ1v) is 6.62. The summed E-state index contributed by atoms with van der Waals surface area (Å²) in [5.41, 5.74) is 0. The summed E-state index contributed by atoms with van der Waals surface area (Å²) in [4.78, 5) is 3.86. The van der Waals surface area contributed by atoms with Crippen molar-refractivity contribution in [2.24, 2.45) is 0 Å². The topological polar surface area (TPSA) is 17.8 Å². The molecule has 0 bridgehead atoms. The molecule has 1 aromatic rings. The fourth-order valence-corrected chi connectivity index (χ4v) is 0.474. The normalized spacial score (nSPS) is 10.0. The molecule has 0 aliphatic heterocycles. The molecule has 70 valence electrons. The van der Waals surface area contributed by atoms with E-state index in [1.807, 2.05) is 10.8 Å². The molecule has 0 amide bonds. The summed E-state index contributed by atoms with van der Waals surface area (Å²) < 4.78 is 2.01. The van der Waals surface area contributed by atoms with Crippen LogP contribution in [-0.4, -0.2) is 9.55 Å². The third kappa shape index (κ3) is 8.51. The first-order chi connectivity index (χ1) is 5.16. The van der Waals surface area contributed by atoms with Gasteiger partial charge < -0.3 is 4.57 Å². The predicted molar refractivity (Wildman–Crippen MR) is 45.5 cm³/mol. The fraction of sp³-hybridized carbons (Fsp3) is 0.400. The number of hydrogen-bond donors (Lipinski definition) is 0. The van der Waals surface area contributed by atoms with E-state index in [-0.39, 0.29) is 0 Å². The molecule has 2 nitrogen and oxygen atoms in total. The van der Waals surface area contributed by atoms with Gasteiger partial charge in [0.2, 0.25) is 0 Å². The van der Waals surface area contributed by atoms with Gasteiger partial charge in [0, 0.05) is 18.9 Å². The Labute approximate surface area is 83.0 Å². The molecular weight excluding hydrogens is 258 g/mol. The summed E-state index contributed by atoms with van der Waals surface area (Å²) in [6, 6.07) is 0. The molecule has 0 radical (unpaired) electrons. The Morgan fingerprint density at radius 3 is 2.18 bits per heavy atom. The van der Waals surface area contributed by atoms with Crippen LogP contribution >= 0.6 is 30.3 Å². The van der Waals surface area contributed by atoms with Crippen LogP contribution < -0.4 is 0 Å². The van der Waals surface area contributed by atoms with Crippen LogP contribution in [0.15, 0.2) is 18.7 Å². The first-order valence-electron chi connectivity index (χ1n) is 2.73. The van der Waals surface area contributed by atoms with Crippen molar-refractivity contribution >= 4 is 30.3 Å². The minimum absolute atomic E-state index is 0.896. The van der Waals surface area contributed by atoms with Crippen molar-refractivity contribution < 1.29 is 11.2 Å². The molecule has 6 heteroatoms. The van der Waals surface area contributed by atoms with Crippen molar-refractivity contribution in [1.29, 1.82) is 0 Å². The fourth-order valence-electron chi connectivity index (χ4n) is 0.474. The molecule has 1 rings (SSSR count). The zero-order valence-corrected chi connectivity index (χ0v) is 8.98. The van der Waals surface area contributed by atoms with Crippen LogP contribution in [0.3, 0.4) is 0 Å². The maximum atomic E-state index is 4.83. The van der Waals surface area contributed by atoms with Crippen LogP contribution in [0.4, 0.5) is 0 Å². The molecule has 0 aromatic carbocycles. The van der Waals surface area contributed by atoms with E-state index in [1.165, 1.54) is 0 Å². The molecule has 0 aliphatic carbocycles. The van der Waals surface area contributed by atoms with Crippen LogP contribution in [0, 0.1) is 0 Å². The predicted octanol–water partition coefficient (Wildman–Crippen LogP) is 2.97. The van der Waals surface area contributed by atoms with E-state index in [0.29, 0.717) is 0 Å². The number of aryl methyl sites for hydroxylation is 1. The number of imidazole rings is 1. The third-order valence-corrected chi connectivity index (χ3v) is 0.924. The Balaban J connectivity index is 0.000000218. The van der Waals surface area contributed by atoms with Crippen molar-refractivity contribution in [3.63, 3.8) is 0 Å². The van der Waals surface area contributed by atoms with E-state index in [1.54, 1.807) is 12.5 Å². The van der Waals surface area contributed by atoms with Crippen LogP contribution in [0.5, 0.6) is 0 Å². The molecule has 0 aliphatic rings. The number of aromatic nitrogens is 2. The quantitative estimate of drug-likeness (QED) is 0.714. The average Bonchev–Trinajstić information content (AvgIpc) is 2.36. The first kappa shape index (κ1) is 11.6. The van der Waals surface area contributed by atoms with Gasteiger partial charge in [0.1, 0.15) is 0 Å². The van der Waals surface area contributed by atoms with Crippen LogP contribution in [0.25, 0.3) is 0 Å². The Kier molecular flexibility index (Phi) is 7.66. The zero-order chi connectivity index (χ0) is 8.69. The van der Waals surface area contributed by atoms with E-state index in [2.05, 4.69) is 11.9 Å². The Hall–Kier alpha value is 0.599. The number of rotatable bonds is 1. The second-order valence-corrected chi connectivity index (χ2v) is 6.19. The Morgan fingerprint density at radius 1 is 1.45 bits per heavy atom. The summed E-state index contributed by atoms with van der Waals surface area (Å²) in [5, 5.41) is 0. The molecule has 0 N–H and O–H groups in total. The average molecular weight is 266 g/mol. The molecule has 0 spiro atoms. The van der Waals surface area contributed by atoms with E-state index in [9.17, 15) is 0 Å². The summed E-state index contributed by atoms with van der Waals surface area (Å²) in [7, 11) is 14.5. The molecule has 0 unspecified atom stereocenters. The number of halogens is 3. The summed E-state index contributed by atoms with van der Waals surface area (Å²) in [6.45, 7) is 3.10. The van der Waals surface area contributed by atoms with Crippen molar-refractivity contribution in [1.82, 2.24) is 9.55 Å². The zero-order valence-electron chi connectivity index (χ0n) is 5.77. The second-order valence-electron chi connectivity index (χ2n) is 1.52. The van der Waals surface area contributed by atoms with E-state index in [4.69, 9.17) is 30.3 Å². The Bertz CT molecular complexity index is 163. The third-order valence-electron chi connectivity index (χ3n) is 0.924. The van der Waals surface area contributed by atoms with E-state index >= 15 is 0 Å². The van der Waals surface area contributed by atoms with Gasteiger partial charge in [-0.2, -0.15) is 0 Å². The SMILES string of the molecule is CCn1ccnc1.[Cl][Cu]([Cl])[Cl]. The van der Waals surface area contributed by atoms with Crippen molar-refractivity contribution in [2.45, 2.75) is 13.5 Å².